The molecular weight excluding hydrogens is 260 g/mol. The zero-order valence-electron chi connectivity index (χ0n) is 13.8. The van der Waals surface area contributed by atoms with Crippen LogP contribution in [0.4, 0.5) is 0 Å². The van der Waals surface area contributed by atoms with E-state index < -0.39 is 0 Å². The largest absolute Gasteiger partial charge is 0.465 e. The van der Waals surface area contributed by atoms with Gasteiger partial charge in [0.25, 0.3) is 0 Å². The lowest BCUT2D eigenvalue weighted by Gasteiger charge is -2.23. The minimum absolute atomic E-state index is 0.165. The summed E-state index contributed by atoms with van der Waals surface area (Å²) >= 11 is 0. The summed E-state index contributed by atoms with van der Waals surface area (Å²) in [6.07, 6.45) is 7.75. The molecule has 2 atom stereocenters. The van der Waals surface area contributed by atoms with Crippen LogP contribution >= 0.6 is 0 Å². The van der Waals surface area contributed by atoms with Crippen LogP contribution in [0, 0.1) is 5.92 Å². The number of benzene rings is 1. The second-order valence-electron chi connectivity index (χ2n) is 6.40. The normalized spacial score (nSPS) is 19.2. The highest BCUT2D eigenvalue weighted by Crippen LogP contribution is 2.25. The van der Waals surface area contributed by atoms with Gasteiger partial charge in [0.05, 0.1) is 6.61 Å². The van der Waals surface area contributed by atoms with Gasteiger partial charge in [-0.3, -0.25) is 0 Å². The van der Waals surface area contributed by atoms with Crippen LogP contribution < -0.4 is 4.74 Å². The summed E-state index contributed by atoms with van der Waals surface area (Å²) < 4.78 is 11.7. The van der Waals surface area contributed by atoms with Crippen molar-refractivity contribution in [1.29, 1.82) is 0 Å². The standard InChI is InChI=1S/C19H30O2/c1-4-15(2)18-10-12-19(13-11-18)21-16(3)20-14-17-8-6-5-7-9-17/h10-13,15-17H,4-9,14H2,1-3H3. The molecule has 2 heteroatoms. The molecule has 1 aromatic carbocycles. The van der Waals surface area contributed by atoms with E-state index in [0.29, 0.717) is 5.92 Å². The number of hydrogen-bond acceptors (Lipinski definition) is 2. The first-order chi connectivity index (χ1) is 10.2. The summed E-state index contributed by atoms with van der Waals surface area (Å²) in [7, 11) is 0. The minimum atomic E-state index is -0.165. The molecule has 2 unspecified atom stereocenters. The van der Waals surface area contributed by atoms with Crippen molar-refractivity contribution in [3.63, 3.8) is 0 Å². The van der Waals surface area contributed by atoms with Gasteiger partial charge in [-0.05, 0) is 55.7 Å². The van der Waals surface area contributed by atoms with Crippen LogP contribution in [0.5, 0.6) is 5.75 Å². The van der Waals surface area contributed by atoms with Gasteiger partial charge in [-0.25, -0.2) is 0 Å². The van der Waals surface area contributed by atoms with Crippen LogP contribution in [0.2, 0.25) is 0 Å². The average Bonchev–Trinajstić information content (AvgIpc) is 2.54. The zero-order valence-corrected chi connectivity index (χ0v) is 13.8. The molecule has 2 rings (SSSR count). The molecule has 0 amide bonds. The fourth-order valence-corrected chi connectivity index (χ4v) is 2.96. The van der Waals surface area contributed by atoms with Gasteiger partial charge in [0.1, 0.15) is 5.75 Å². The Balaban J connectivity index is 1.75. The molecule has 0 aromatic heterocycles. The second-order valence-corrected chi connectivity index (χ2v) is 6.40. The zero-order chi connectivity index (χ0) is 15.1. The highest BCUT2D eigenvalue weighted by atomic mass is 16.7. The monoisotopic (exact) mass is 290 g/mol. The van der Waals surface area contributed by atoms with Crippen molar-refractivity contribution >= 4 is 0 Å². The van der Waals surface area contributed by atoms with E-state index in [9.17, 15) is 0 Å². The predicted molar refractivity (Wildman–Crippen MR) is 87.8 cm³/mol. The molecule has 0 bridgehead atoms. The Morgan fingerprint density at radius 3 is 2.33 bits per heavy atom. The van der Waals surface area contributed by atoms with Crippen molar-refractivity contribution < 1.29 is 9.47 Å². The molecule has 0 saturated heterocycles. The van der Waals surface area contributed by atoms with E-state index >= 15 is 0 Å². The van der Waals surface area contributed by atoms with E-state index in [4.69, 9.17) is 9.47 Å². The summed E-state index contributed by atoms with van der Waals surface area (Å²) in [6, 6.07) is 8.44. The van der Waals surface area contributed by atoms with E-state index in [-0.39, 0.29) is 6.29 Å². The van der Waals surface area contributed by atoms with Crippen molar-refractivity contribution in [3.05, 3.63) is 29.8 Å². The molecule has 118 valence electrons. The quantitative estimate of drug-likeness (QED) is 0.615. The van der Waals surface area contributed by atoms with Crippen LogP contribution in [0.25, 0.3) is 0 Å². The highest BCUT2D eigenvalue weighted by molar-refractivity contribution is 5.29. The molecule has 0 radical (unpaired) electrons. The van der Waals surface area contributed by atoms with E-state index in [0.717, 1.165) is 18.3 Å². The summed E-state index contributed by atoms with van der Waals surface area (Å²) in [5.74, 6) is 2.25. The van der Waals surface area contributed by atoms with E-state index in [2.05, 4.69) is 38.1 Å². The Bertz CT molecular complexity index is 393. The Hall–Kier alpha value is -1.02. The third-order valence-electron chi connectivity index (χ3n) is 4.65. The third-order valence-corrected chi connectivity index (χ3v) is 4.65. The van der Waals surface area contributed by atoms with Crippen molar-refractivity contribution in [2.75, 3.05) is 6.61 Å². The van der Waals surface area contributed by atoms with Crippen LogP contribution in [0.1, 0.15) is 70.8 Å². The molecule has 1 saturated carbocycles. The Morgan fingerprint density at radius 1 is 1.05 bits per heavy atom. The van der Waals surface area contributed by atoms with Crippen LogP contribution in [0.3, 0.4) is 0 Å². The van der Waals surface area contributed by atoms with E-state index in [1.54, 1.807) is 0 Å². The molecule has 21 heavy (non-hydrogen) atoms. The van der Waals surface area contributed by atoms with Gasteiger partial charge in [0.2, 0.25) is 0 Å². The van der Waals surface area contributed by atoms with Crippen LogP contribution in [0.15, 0.2) is 24.3 Å². The van der Waals surface area contributed by atoms with E-state index in [1.165, 1.54) is 44.1 Å². The number of hydrogen-bond donors (Lipinski definition) is 0. The molecular formula is C19H30O2. The average molecular weight is 290 g/mol. The first-order valence-corrected chi connectivity index (χ1v) is 8.57. The fraction of sp³-hybridized carbons (Fsp3) is 0.684. The third kappa shape index (κ3) is 5.35. The van der Waals surface area contributed by atoms with Crippen molar-refractivity contribution in [3.8, 4) is 5.75 Å². The first kappa shape index (κ1) is 16.4. The minimum Gasteiger partial charge on any atom is -0.465 e. The maximum atomic E-state index is 5.86. The summed E-state index contributed by atoms with van der Waals surface area (Å²) in [5.41, 5.74) is 1.38. The predicted octanol–water partition coefficient (Wildman–Crippen LogP) is 5.52. The Kier molecular flexibility index (Phi) is 6.56. The molecule has 0 aliphatic heterocycles. The summed E-state index contributed by atoms with van der Waals surface area (Å²) in [4.78, 5) is 0. The lowest BCUT2D eigenvalue weighted by molar-refractivity contribution is -0.0820. The first-order valence-electron chi connectivity index (χ1n) is 8.57. The van der Waals surface area contributed by atoms with Gasteiger partial charge in [0.15, 0.2) is 6.29 Å². The Morgan fingerprint density at radius 2 is 1.71 bits per heavy atom. The fourth-order valence-electron chi connectivity index (χ4n) is 2.96. The van der Waals surface area contributed by atoms with Crippen LogP contribution in [-0.4, -0.2) is 12.9 Å². The molecule has 0 heterocycles. The lowest BCUT2D eigenvalue weighted by atomic mass is 9.90. The lowest BCUT2D eigenvalue weighted by Crippen LogP contribution is -2.22. The van der Waals surface area contributed by atoms with Crippen LogP contribution in [-0.2, 0) is 4.74 Å². The smallest absolute Gasteiger partial charge is 0.196 e. The maximum Gasteiger partial charge on any atom is 0.196 e. The van der Waals surface area contributed by atoms with Gasteiger partial charge in [-0.2, -0.15) is 0 Å². The topological polar surface area (TPSA) is 18.5 Å². The Labute approximate surface area is 129 Å². The van der Waals surface area contributed by atoms with Gasteiger partial charge in [-0.1, -0.05) is 45.2 Å². The molecule has 2 nitrogen and oxygen atoms in total. The number of rotatable bonds is 7. The van der Waals surface area contributed by atoms with Crippen molar-refractivity contribution in [2.24, 2.45) is 5.92 Å². The molecule has 1 fully saturated rings. The van der Waals surface area contributed by atoms with Gasteiger partial charge in [-0.15, -0.1) is 0 Å². The van der Waals surface area contributed by atoms with E-state index in [1.807, 2.05) is 6.92 Å². The van der Waals surface area contributed by atoms with Crippen molar-refractivity contribution in [2.45, 2.75) is 71.5 Å². The highest BCUT2D eigenvalue weighted by Gasteiger charge is 2.15. The van der Waals surface area contributed by atoms with Gasteiger partial charge in [0, 0.05) is 0 Å². The molecule has 0 spiro atoms. The van der Waals surface area contributed by atoms with Gasteiger partial charge < -0.3 is 9.47 Å². The molecule has 1 aliphatic carbocycles. The molecule has 1 aromatic rings. The number of ether oxygens (including phenoxy) is 2. The maximum absolute atomic E-state index is 5.86. The van der Waals surface area contributed by atoms with Crippen molar-refractivity contribution in [1.82, 2.24) is 0 Å². The SMILES string of the molecule is CCC(C)c1ccc(OC(C)OCC2CCCCC2)cc1. The molecule has 0 N–H and O–H groups in total. The second kappa shape index (κ2) is 8.43. The summed E-state index contributed by atoms with van der Waals surface area (Å²) in [5, 5.41) is 0. The molecule has 1 aliphatic rings. The summed E-state index contributed by atoms with van der Waals surface area (Å²) in [6.45, 7) is 7.31. The van der Waals surface area contributed by atoms with Gasteiger partial charge >= 0.3 is 0 Å².